The van der Waals surface area contributed by atoms with Crippen molar-refractivity contribution in [2.75, 3.05) is 6.61 Å². The summed E-state index contributed by atoms with van der Waals surface area (Å²) in [7, 11) is 0. The Balaban J connectivity index is 0. The van der Waals surface area contributed by atoms with Gasteiger partial charge in [0.15, 0.2) is 0 Å². The molecule has 88 valence electrons. The molecule has 0 heterocycles. The molecule has 0 amide bonds. The van der Waals surface area contributed by atoms with Gasteiger partial charge >= 0.3 is 0 Å². The van der Waals surface area contributed by atoms with E-state index in [0.717, 1.165) is 0 Å². The van der Waals surface area contributed by atoms with Gasteiger partial charge in [-0.3, -0.25) is 0 Å². The maximum atomic E-state index is 8.11. The highest BCUT2D eigenvalue weighted by Gasteiger charge is 2.19. The third-order valence-electron chi connectivity index (χ3n) is 0.877. The van der Waals surface area contributed by atoms with Gasteiger partial charge < -0.3 is 14.9 Å². The van der Waals surface area contributed by atoms with Gasteiger partial charge in [-0.2, -0.15) is 0 Å². The summed E-state index contributed by atoms with van der Waals surface area (Å²) in [5.74, 6) is 0. The molecule has 0 aromatic rings. The lowest BCUT2D eigenvalue weighted by molar-refractivity contribution is -0.102. The van der Waals surface area contributed by atoms with Crippen LogP contribution in [0.2, 0.25) is 0 Å². The van der Waals surface area contributed by atoms with Crippen molar-refractivity contribution in [3.63, 3.8) is 0 Å². The molecule has 0 aliphatic rings. The molecule has 0 aliphatic heterocycles. The monoisotopic (exact) mass is 206 g/mol. The first-order chi connectivity index (χ1) is 5.98. The molecule has 0 fully saturated rings. The second kappa shape index (κ2) is 6.38. The van der Waals surface area contributed by atoms with Gasteiger partial charge in [-0.1, -0.05) is 0 Å². The first-order valence-electron chi connectivity index (χ1n) is 4.97. The Bertz CT molecular complexity index is 116. The Labute approximate surface area is 88.1 Å². The number of hydrogen-bond acceptors (Lipinski definition) is 3. The van der Waals surface area contributed by atoms with Crippen molar-refractivity contribution >= 4 is 0 Å². The van der Waals surface area contributed by atoms with Crippen LogP contribution in [0.4, 0.5) is 0 Å². The zero-order chi connectivity index (χ0) is 12.0. The minimum Gasteiger partial charge on any atom is -0.394 e. The quantitative estimate of drug-likeness (QED) is 0.689. The van der Waals surface area contributed by atoms with Gasteiger partial charge in [-0.25, -0.2) is 0 Å². The molecule has 0 rings (SSSR count). The van der Waals surface area contributed by atoms with Crippen LogP contribution in [-0.2, 0) is 4.74 Å². The summed E-state index contributed by atoms with van der Waals surface area (Å²) >= 11 is 0. The molecule has 2 N–H and O–H groups in total. The van der Waals surface area contributed by atoms with Crippen LogP contribution in [0.3, 0.4) is 0 Å². The number of hydrogen-bond donors (Lipinski definition) is 2. The SMILES string of the molecule is CC(C)(C)OC(C)(C)C.CC(O)CO. The fourth-order valence-electron chi connectivity index (χ4n) is 0.919. The first-order valence-corrected chi connectivity index (χ1v) is 4.97. The van der Waals surface area contributed by atoms with Gasteiger partial charge in [0.1, 0.15) is 0 Å². The van der Waals surface area contributed by atoms with E-state index in [9.17, 15) is 0 Å². The third kappa shape index (κ3) is 22.6. The fourth-order valence-corrected chi connectivity index (χ4v) is 0.919. The van der Waals surface area contributed by atoms with E-state index in [4.69, 9.17) is 14.9 Å². The molecule has 0 bridgehead atoms. The molecule has 0 saturated heterocycles. The molecule has 14 heavy (non-hydrogen) atoms. The summed E-state index contributed by atoms with van der Waals surface area (Å²) in [6, 6.07) is 0. The Kier molecular flexibility index (Phi) is 7.43. The summed E-state index contributed by atoms with van der Waals surface area (Å²) in [5, 5.41) is 16.0. The summed E-state index contributed by atoms with van der Waals surface area (Å²) in [6.45, 7) is 13.8. The van der Waals surface area contributed by atoms with Crippen molar-refractivity contribution in [1.82, 2.24) is 0 Å². The van der Waals surface area contributed by atoms with Crippen LogP contribution < -0.4 is 0 Å². The number of aliphatic hydroxyl groups is 2. The second-order valence-electron chi connectivity index (χ2n) is 5.36. The minimum absolute atomic E-state index is 0.0156. The molecule has 3 nitrogen and oxygen atoms in total. The van der Waals surface area contributed by atoms with E-state index in [1.807, 2.05) is 0 Å². The number of rotatable bonds is 1. The fraction of sp³-hybridized carbons (Fsp3) is 1.00. The average molecular weight is 206 g/mol. The van der Waals surface area contributed by atoms with Crippen molar-refractivity contribution < 1.29 is 14.9 Å². The molecule has 0 aromatic carbocycles. The summed E-state index contributed by atoms with van der Waals surface area (Å²) in [4.78, 5) is 0. The van der Waals surface area contributed by atoms with Gasteiger partial charge in [-0.05, 0) is 48.5 Å². The largest absolute Gasteiger partial charge is 0.394 e. The van der Waals surface area contributed by atoms with Crippen LogP contribution in [0.15, 0.2) is 0 Å². The van der Waals surface area contributed by atoms with E-state index >= 15 is 0 Å². The van der Waals surface area contributed by atoms with Crippen molar-refractivity contribution in [3.8, 4) is 0 Å². The van der Waals surface area contributed by atoms with Gasteiger partial charge in [0.05, 0.1) is 23.9 Å². The van der Waals surface area contributed by atoms with Crippen molar-refractivity contribution in [3.05, 3.63) is 0 Å². The third-order valence-corrected chi connectivity index (χ3v) is 0.877. The minimum atomic E-state index is -0.560. The van der Waals surface area contributed by atoms with E-state index in [1.54, 1.807) is 0 Å². The number of ether oxygens (including phenoxy) is 1. The zero-order valence-corrected chi connectivity index (χ0v) is 10.6. The summed E-state index contributed by atoms with van der Waals surface area (Å²) < 4.78 is 5.62. The lowest BCUT2D eigenvalue weighted by Crippen LogP contribution is -2.31. The normalized spacial score (nSPS) is 14.4. The lowest BCUT2D eigenvalue weighted by Gasteiger charge is -2.30. The topological polar surface area (TPSA) is 49.7 Å². The van der Waals surface area contributed by atoms with Crippen LogP contribution >= 0.6 is 0 Å². The molecular formula is C11H26O3. The predicted octanol–water partition coefficient (Wildman–Crippen LogP) is 1.96. The molecule has 0 spiro atoms. The van der Waals surface area contributed by atoms with Crippen molar-refractivity contribution in [2.45, 2.75) is 65.8 Å². The van der Waals surface area contributed by atoms with E-state index in [0.29, 0.717) is 0 Å². The molecule has 0 saturated carbocycles. The second-order valence-corrected chi connectivity index (χ2v) is 5.36. The standard InChI is InChI=1S/C8H18O.C3H8O2/c1-7(2,3)9-8(4,5)6;1-3(5)2-4/h1-6H3;3-5H,2H2,1H3. The van der Waals surface area contributed by atoms with Crippen LogP contribution in [0.5, 0.6) is 0 Å². The van der Waals surface area contributed by atoms with Crippen molar-refractivity contribution in [1.29, 1.82) is 0 Å². The zero-order valence-electron chi connectivity index (χ0n) is 10.6. The van der Waals surface area contributed by atoms with Gasteiger partial charge in [0.2, 0.25) is 0 Å². The smallest absolute Gasteiger partial charge is 0.0742 e. The van der Waals surface area contributed by atoms with Crippen LogP contribution in [0, 0.1) is 0 Å². The Morgan fingerprint density at radius 3 is 1.21 bits per heavy atom. The van der Waals surface area contributed by atoms with Crippen molar-refractivity contribution in [2.24, 2.45) is 0 Å². The number of aliphatic hydroxyl groups excluding tert-OH is 2. The highest BCUT2D eigenvalue weighted by Crippen LogP contribution is 2.17. The molecule has 0 aliphatic carbocycles. The lowest BCUT2D eigenvalue weighted by atomic mass is 10.1. The average Bonchev–Trinajstić information content (AvgIpc) is 1.80. The Morgan fingerprint density at radius 1 is 1.00 bits per heavy atom. The highest BCUT2D eigenvalue weighted by molar-refractivity contribution is 4.68. The molecular weight excluding hydrogens is 180 g/mol. The van der Waals surface area contributed by atoms with Gasteiger partial charge in [0.25, 0.3) is 0 Å². The molecule has 3 heteroatoms. The predicted molar refractivity (Wildman–Crippen MR) is 59.4 cm³/mol. The van der Waals surface area contributed by atoms with E-state index < -0.39 is 6.10 Å². The maximum absolute atomic E-state index is 8.11. The van der Waals surface area contributed by atoms with E-state index in [2.05, 4.69) is 41.5 Å². The maximum Gasteiger partial charge on any atom is 0.0742 e. The molecule has 1 unspecified atom stereocenters. The van der Waals surface area contributed by atoms with Gasteiger partial charge in [-0.15, -0.1) is 0 Å². The van der Waals surface area contributed by atoms with Crippen LogP contribution in [0.25, 0.3) is 0 Å². The first kappa shape index (κ1) is 16.3. The highest BCUT2D eigenvalue weighted by atomic mass is 16.5. The van der Waals surface area contributed by atoms with Crippen LogP contribution in [0.1, 0.15) is 48.5 Å². The molecule has 1 atom stereocenters. The van der Waals surface area contributed by atoms with Gasteiger partial charge in [0, 0.05) is 0 Å². The molecule has 0 aromatic heterocycles. The Hall–Kier alpha value is -0.120. The van der Waals surface area contributed by atoms with E-state index in [-0.39, 0.29) is 17.8 Å². The summed E-state index contributed by atoms with van der Waals surface area (Å²) in [6.07, 6.45) is -0.560. The van der Waals surface area contributed by atoms with Crippen LogP contribution in [-0.4, -0.2) is 34.1 Å². The van der Waals surface area contributed by atoms with E-state index in [1.165, 1.54) is 6.92 Å². The Morgan fingerprint density at radius 2 is 1.21 bits per heavy atom. The summed E-state index contributed by atoms with van der Waals surface area (Å²) in [5.41, 5.74) is -0.0312. The molecule has 0 radical (unpaired) electrons.